The predicted molar refractivity (Wildman–Crippen MR) is 90.2 cm³/mol. The predicted octanol–water partition coefficient (Wildman–Crippen LogP) is 2.04. The van der Waals surface area contributed by atoms with Crippen molar-refractivity contribution >= 4 is 12.2 Å². The van der Waals surface area contributed by atoms with Crippen molar-refractivity contribution in [2.45, 2.75) is 90.8 Å². The molecule has 8 nitrogen and oxygen atoms in total. The van der Waals surface area contributed by atoms with Crippen LogP contribution in [0.2, 0.25) is 0 Å². The number of nitrogens with zero attached hydrogens (tertiary/aromatic N) is 2. The highest BCUT2D eigenvalue weighted by atomic mass is 16.4. The fourth-order valence-corrected chi connectivity index (χ4v) is 3.02. The van der Waals surface area contributed by atoms with E-state index >= 15 is 0 Å². The molecule has 4 unspecified atom stereocenters. The zero-order valence-electron chi connectivity index (χ0n) is 15.8. The van der Waals surface area contributed by atoms with Crippen LogP contribution in [0.25, 0.3) is 0 Å². The Labute approximate surface area is 143 Å². The van der Waals surface area contributed by atoms with Gasteiger partial charge >= 0.3 is 12.2 Å². The van der Waals surface area contributed by atoms with Gasteiger partial charge in [-0.15, -0.1) is 0 Å². The molecule has 0 aliphatic carbocycles. The van der Waals surface area contributed by atoms with Crippen LogP contribution in [-0.2, 0) is 0 Å². The molecule has 24 heavy (non-hydrogen) atoms. The van der Waals surface area contributed by atoms with Crippen molar-refractivity contribution in [1.82, 2.24) is 9.80 Å². The molecule has 0 heterocycles. The maximum atomic E-state index is 11.5. The second-order valence-corrected chi connectivity index (χ2v) is 8.11. The maximum Gasteiger partial charge on any atom is 0.408 e. The van der Waals surface area contributed by atoms with E-state index in [1.165, 1.54) is 13.8 Å². The van der Waals surface area contributed by atoms with Gasteiger partial charge in [0.1, 0.15) is 12.2 Å². The minimum Gasteiger partial charge on any atom is -0.465 e. The Hall–Kier alpha value is -1.54. The summed E-state index contributed by atoms with van der Waals surface area (Å²) in [4.78, 5) is 25.1. The third-order valence-electron chi connectivity index (χ3n) is 4.01. The zero-order chi connectivity index (χ0) is 19.6. The summed E-state index contributed by atoms with van der Waals surface area (Å²) < 4.78 is 0. The molecule has 0 fully saturated rings. The number of amides is 2. The van der Waals surface area contributed by atoms with E-state index in [4.69, 9.17) is 0 Å². The zero-order valence-corrected chi connectivity index (χ0v) is 15.8. The van der Waals surface area contributed by atoms with Crippen molar-refractivity contribution in [2.75, 3.05) is 0 Å². The molecule has 0 bridgehead atoms. The third-order valence-corrected chi connectivity index (χ3v) is 4.01. The molecule has 0 rings (SSSR count). The van der Waals surface area contributed by atoms with Crippen molar-refractivity contribution in [1.29, 1.82) is 0 Å². The number of hydrogen-bond donors (Lipinski definition) is 4. The van der Waals surface area contributed by atoms with Crippen LogP contribution in [0.1, 0.15) is 55.4 Å². The lowest BCUT2D eigenvalue weighted by Crippen LogP contribution is -2.62. The van der Waals surface area contributed by atoms with E-state index < -0.39 is 47.6 Å². The molecule has 0 aromatic rings. The highest BCUT2D eigenvalue weighted by Crippen LogP contribution is 2.25. The number of carbonyl (C=O) groups is 2. The van der Waals surface area contributed by atoms with Crippen LogP contribution >= 0.6 is 0 Å². The first-order valence-electron chi connectivity index (χ1n) is 7.94. The molecule has 0 saturated carbocycles. The fourth-order valence-electron chi connectivity index (χ4n) is 3.02. The number of rotatable bonds is 5. The van der Waals surface area contributed by atoms with Gasteiger partial charge in [-0.05, 0) is 55.4 Å². The Kier molecular flexibility index (Phi) is 7.08. The molecule has 0 spiro atoms. The van der Waals surface area contributed by atoms with Crippen molar-refractivity contribution in [3.05, 3.63) is 0 Å². The van der Waals surface area contributed by atoms with Gasteiger partial charge in [0.05, 0.1) is 12.1 Å². The summed E-state index contributed by atoms with van der Waals surface area (Å²) in [5, 5.41) is 39.7. The Morgan fingerprint density at radius 2 is 0.917 bits per heavy atom. The van der Waals surface area contributed by atoms with E-state index in [2.05, 4.69) is 0 Å². The molecule has 2 amide bonds. The minimum absolute atomic E-state index is 0.786. The number of carboxylic acid groups (broad SMARTS) is 2. The maximum absolute atomic E-state index is 11.5. The average Bonchev–Trinajstić information content (AvgIpc) is 2.32. The molecule has 0 aliphatic heterocycles. The van der Waals surface area contributed by atoms with E-state index in [-0.39, 0.29) is 0 Å². The van der Waals surface area contributed by atoms with Gasteiger partial charge in [-0.3, -0.25) is 9.80 Å². The van der Waals surface area contributed by atoms with Gasteiger partial charge in [-0.1, -0.05) is 0 Å². The number of hydrogen-bond acceptors (Lipinski definition) is 4. The van der Waals surface area contributed by atoms with E-state index in [1.807, 2.05) is 0 Å². The normalized spacial score (nSPS) is 17.6. The van der Waals surface area contributed by atoms with Crippen molar-refractivity contribution in [3.8, 4) is 0 Å². The van der Waals surface area contributed by atoms with E-state index in [0.29, 0.717) is 0 Å². The van der Waals surface area contributed by atoms with Gasteiger partial charge in [0.15, 0.2) is 0 Å². The first kappa shape index (κ1) is 22.5. The van der Waals surface area contributed by atoms with Crippen LogP contribution in [-0.4, -0.2) is 77.8 Å². The minimum atomic E-state index is -1.44. The summed E-state index contributed by atoms with van der Waals surface area (Å²) in [7, 11) is 0. The quantitative estimate of drug-likeness (QED) is 0.603. The van der Waals surface area contributed by atoms with Gasteiger partial charge in [-0.2, -0.15) is 0 Å². The molecule has 4 N–H and O–H groups in total. The largest absolute Gasteiger partial charge is 0.465 e. The number of aliphatic hydroxyl groups is 2. The topological polar surface area (TPSA) is 122 Å². The average molecular weight is 348 g/mol. The Morgan fingerprint density at radius 1 is 0.708 bits per heavy atom. The molecule has 0 aliphatic rings. The number of aliphatic hydroxyl groups excluding tert-OH is 2. The molecule has 0 saturated heterocycles. The molecule has 8 heteroatoms. The first-order valence-corrected chi connectivity index (χ1v) is 7.94. The summed E-state index contributed by atoms with van der Waals surface area (Å²) >= 11 is 0. The highest BCUT2D eigenvalue weighted by Gasteiger charge is 2.42. The Balaban J connectivity index is 5.51. The molecule has 4 atom stereocenters. The lowest BCUT2D eigenvalue weighted by Gasteiger charge is -2.44. The highest BCUT2D eigenvalue weighted by molar-refractivity contribution is 5.67. The van der Waals surface area contributed by atoms with Crippen molar-refractivity contribution in [2.24, 2.45) is 0 Å². The SMILES string of the molecule is CC(C(O)C(O)C(C)N(C(=O)O)C(C)(C)C)N(C(=O)O)C(C)(C)C. The molecule has 0 aromatic heterocycles. The van der Waals surface area contributed by atoms with Gasteiger partial charge in [0, 0.05) is 11.1 Å². The molecule has 0 radical (unpaired) electrons. The monoisotopic (exact) mass is 348 g/mol. The smallest absolute Gasteiger partial charge is 0.408 e. The van der Waals surface area contributed by atoms with Crippen LogP contribution < -0.4 is 0 Å². The summed E-state index contributed by atoms with van der Waals surface area (Å²) in [6, 6.07) is -1.84. The Morgan fingerprint density at radius 3 is 1.04 bits per heavy atom. The molecule has 142 valence electrons. The lowest BCUT2D eigenvalue weighted by atomic mass is 9.93. The van der Waals surface area contributed by atoms with Crippen LogP contribution in [0.15, 0.2) is 0 Å². The third kappa shape index (κ3) is 5.24. The second kappa shape index (κ2) is 7.57. The molecular formula is C16H32N2O6. The van der Waals surface area contributed by atoms with Crippen LogP contribution in [0.5, 0.6) is 0 Å². The molecule has 0 aromatic carbocycles. The van der Waals surface area contributed by atoms with E-state index in [1.54, 1.807) is 41.5 Å². The van der Waals surface area contributed by atoms with E-state index in [9.17, 15) is 30.0 Å². The van der Waals surface area contributed by atoms with Gasteiger partial charge < -0.3 is 20.4 Å². The van der Waals surface area contributed by atoms with Crippen LogP contribution in [0.4, 0.5) is 9.59 Å². The summed E-state index contributed by atoms with van der Waals surface area (Å²) in [5.41, 5.74) is -1.57. The van der Waals surface area contributed by atoms with E-state index in [0.717, 1.165) is 9.80 Å². The second-order valence-electron chi connectivity index (χ2n) is 8.11. The van der Waals surface area contributed by atoms with Gasteiger partial charge in [0.2, 0.25) is 0 Å². The first-order chi connectivity index (χ1) is 10.5. The Bertz CT molecular complexity index is 412. The van der Waals surface area contributed by atoms with Crippen LogP contribution in [0.3, 0.4) is 0 Å². The van der Waals surface area contributed by atoms with Gasteiger partial charge in [0.25, 0.3) is 0 Å². The van der Waals surface area contributed by atoms with Crippen LogP contribution in [0, 0.1) is 0 Å². The van der Waals surface area contributed by atoms with Crippen molar-refractivity contribution < 1.29 is 30.0 Å². The van der Waals surface area contributed by atoms with Gasteiger partial charge in [-0.25, -0.2) is 9.59 Å². The summed E-state index contributed by atoms with van der Waals surface area (Å²) in [6.07, 6.45) is -5.33. The summed E-state index contributed by atoms with van der Waals surface area (Å²) in [5.74, 6) is 0. The lowest BCUT2D eigenvalue weighted by molar-refractivity contribution is -0.0824. The van der Waals surface area contributed by atoms with Crippen molar-refractivity contribution in [3.63, 3.8) is 0 Å². The summed E-state index contributed by atoms with van der Waals surface area (Å²) in [6.45, 7) is 13.1. The standard InChI is InChI=1S/C16H32N2O6/c1-9(17(13(21)22)15(3,4)5)11(19)12(20)10(2)18(14(23)24)16(6,7)8/h9-12,19-20H,1-8H3,(H,21,22)(H,23,24). The molecular weight excluding hydrogens is 316 g/mol. The fraction of sp³-hybridized carbons (Fsp3) is 0.875.